The fourth-order valence-electron chi connectivity index (χ4n) is 2.41. The van der Waals surface area contributed by atoms with E-state index in [1.807, 2.05) is 19.9 Å². The molecule has 0 saturated carbocycles. The minimum Gasteiger partial charge on any atom is -0.449 e. The minimum absolute atomic E-state index is 0.214. The molecule has 5 nitrogen and oxygen atoms in total. The van der Waals surface area contributed by atoms with Crippen LogP contribution in [0.5, 0.6) is 0 Å². The molecule has 1 aromatic rings. The summed E-state index contributed by atoms with van der Waals surface area (Å²) >= 11 is 5.99. The zero-order valence-electron chi connectivity index (χ0n) is 13.1. The highest BCUT2D eigenvalue weighted by Crippen LogP contribution is 2.25. The normalized spacial score (nSPS) is 15.9. The Labute approximate surface area is 136 Å². The summed E-state index contributed by atoms with van der Waals surface area (Å²) < 4.78 is 5.26. The first kappa shape index (κ1) is 16.7. The summed E-state index contributed by atoms with van der Waals surface area (Å²) in [7, 11) is 0. The van der Waals surface area contributed by atoms with Crippen LogP contribution in [-0.4, -0.2) is 36.7 Å². The van der Waals surface area contributed by atoms with E-state index in [1.54, 1.807) is 17.0 Å². The highest BCUT2D eigenvalue weighted by atomic mass is 35.5. The van der Waals surface area contributed by atoms with Crippen LogP contribution in [0.4, 0.5) is 16.2 Å². The summed E-state index contributed by atoms with van der Waals surface area (Å²) in [6.45, 7) is 5.90. The number of anilines is 2. The number of rotatable bonds is 4. The molecule has 1 saturated heterocycles. The van der Waals surface area contributed by atoms with E-state index >= 15 is 0 Å². The summed E-state index contributed by atoms with van der Waals surface area (Å²) in [5, 5.41) is 4.07. The zero-order valence-corrected chi connectivity index (χ0v) is 13.9. The van der Waals surface area contributed by atoms with Crippen LogP contribution in [0.25, 0.3) is 0 Å². The molecule has 0 radical (unpaired) electrons. The Balaban J connectivity index is 1.82. The highest BCUT2D eigenvalue weighted by Gasteiger charge is 2.24. The first-order valence-electron chi connectivity index (χ1n) is 7.69. The van der Waals surface area contributed by atoms with Gasteiger partial charge in [0, 0.05) is 24.2 Å². The number of benzene rings is 1. The van der Waals surface area contributed by atoms with Crippen LogP contribution in [0.1, 0.15) is 26.7 Å². The van der Waals surface area contributed by atoms with Crippen molar-refractivity contribution in [1.29, 1.82) is 0 Å². The number of carbonyl (C=O) groups is 1. The number of nitrogens with two attached hydrogens (primary N) is 1. The number of piperidine rings is 1. The number of likely N-dealkylation sites (tertiary alicyclic amines) is 1. The number of nitrogen functional groups attached to an aromatic ring is 1. The second-order valence-corrected chi connectivity index (χ2v) is 6.54. The fourth-order valence-corrected chi connectivity index (χ4v) is 2.58. The monoisotopic (exact) mass is 325 g/mol. The van der Waals surface area contributed by atoms with Gasteiger partial charge in [-0.05, 0) is 37.0 Å². The predicted octanol–water partition coefficient (Wildman–Crippen LogP) is 3.59. The van der Waals surface area contributed by atoms with E-state index in [0.717, 1.165) is 18.5 Å². The summed E-state index contributed by atoms with van der Waals surface area (Å²) in [5.74, 6) is 0.356. The lowest BCUT2D eigenvalue weighted by Gasteiger charge is -2.32. The Morgan fingerprint density at radius 3 is 2.77 bits per heavy atom. The van der Waals surface area contributed by atoms with Crippen molar-refractivity contribution >= 4 is 29.1 Å². The molecular weight excluding hydrogens is 302 g/mol. The maximum Gasteiger partial charge on any atom is 0.409 e. The van der Waals surface area contributed by atoms with Crippen molar-refractivity contribution in [1.82, 2.24) is 4.90 Å². The topological polar surface area (TPSA) is 67.6 Å². The van der Waals surface area contributed by atoms with E-state index in [9.17, 15) is 4.79 Å². The van der Waals surface area contributed by atoms with E-state index in [-0.39, 0.29) is 12.1 Å². The van der Waals surface area contributed by atoms with Gasteiger partial charge in [0.1, 0.15) is 0 Å². The smallest absolute Gasteiger partial charge is 0.409 e. The van der Waals surface area contributed by atoms with E-state index in [1.165, 1.54) is 0 Å². The average molecular weight is 326 g/mol. The van der Waals surface area contributed by atoms with Gasteiger partial charge in [0.2, 0.25) is 0 Å². The van der Waals surface area contributed by atoms with Crippen molar-refractivity contribution in [2.45, 2.75) is 32.7 Å². The molecular formula is C16H24ClN3O2. The van der Waals surface area contributed by atoms with Gasteiger partial charge < -0.3 is 20.7 Å². The molecule has 0 spiro atoms. The molecule has 1 heterocycles. The number of halogens is 1. The Morgan fingerprint density at radius 2 is 2.14 bits per heavy atom. The van der Waals surface area contributed by atoms with Gasteiger partial charge >= 0.3 is 6.09 Å². The Morgan fingerprint density at radius 1 is 1.45 bits per heavy atom. The van der Waals surface area contributed by atoms with E-state index < -0.39 is 0 Å². The summed E-state index contributed by atoms with van der Waals surface area (Å²) in [6, 6.07) is 5.69. The molecule has 0 atom stereocenters. The Bertz CT molecular complexity index is 514. The van der Waals surface area contributed by atoms with Gasteiger partial charge in [0.05, 0.1) is 18.0 Å². The van der Waals surface area contributed by atoms with Gasteiger partial charge in [-0.2, -0.15) is 0 Å². The first-order chi connectivity index (χ1) is 10.5. The first-order valence-corrected chi connectivity index (χ1v) is 8.06. The molecule has 1 aliphatic rings. The molecule has 1 amide bonds. The van der Waals surface area contributed by atoms with Crippen LogP contribution in [0, 0.1) is 5.92 Å². The second kappa shape index (κ2) is 7.58. The van der Waals surface area contributed by atoms with Crippen LogP contribution >= 0.6 is 11.6 Å². The van der Waals surface area contributed by atoms with Crippen LogP contribution in [-0.2, 0) is 4.74 Å². The quantitative estimate of drug-likeness (QED) is 0.830. The molecule has 6 heteroatoms. The molecule has 0 bridgehead atoms. The van der Waals surface area contributed by atoms with Crippen molar-refractivity contribution < 1.29 is 9.53 Å². The SMILES string of the molecule is CC(C)COC(=O)N1CCC(Nc2cc(Cl)ccc2N)CC1. The summed E-state index contributed by atoms with van der Waals surface area (Å²) in [4.78, 5) is 13.7. The lowest BCUT2D eigenvalue weighted by molar-refractivity contribution is 0.0845. The lowest BCUT2D eigenvalue weighted by atomic mass is 10.0. The third kappa shape index (κ3) is 4.70. The fraction of sp³-hybridized carbons (Fsp3) is 0.562. The maximum atomic E-state index is 11.9. The predicted molar refractivity (Wildman–Crippen MR) is 90.3 cm³/mol. The number of hydrogen-bond acceptors (Lipinski definition) is 4. The Kier molecular flexibility index (Phi) is 5.77. The molecule has 1 fully saturated rings. The molecule has 122 valence electrons. The lowest BCUT2D eigenvalue weighted by Crippen LogP contribution is -2.43. The number of ether oxygens (including phenoxy) is 1. The van der Waals surface area contributed by atoms with Crippen LogP contribution in [0.2, 0.25) is 5.02 Å². The largest absolute Gasteiger partial charge is 0.449 e. The van der Waals surface area contributed by atoms with Gasteiger partial charge in [-0.1, -0.05) is 25.4 Å². The van der Waals surface area contributed by atoms with E-state index in [2.05, 4.69) is 5.32 Å². The highest BCUT2D eigenvalue weighted by molar-refractivity contribution is 6.31. The van der Waals surface area contributed by atoms with Crippen LogP contribution in [0.15, 0.2) is 18.2 Å². The number of hydrogen-bond donors (Lipinski definition) is 2. The second-order valence-electron chi connectivity index (χ2n) is 6.11. The molecule has 1 aromatic carbocycles. The van der Waals surface area contributed by atoms with Crippen molar-refractivity contribution in [2.24, 2.45) is 5.92 Å². The van der Waals surface area contributed by atoms with Gasteiger partial charge in [-0.3, -0.25) is 0 Å². The van der Waals surface area contributed by atoms with Crippen molar-refractivity contribution in [2.75, 3.05) is 30.7 Å². The molecule has 3 N–H and O–H groups in total. The molecule has 0 aliphatic carbocycles. The van der Waals surface area contributed by atoms with Crippen LogP contribution in [0.3, 0.4) is 0 Å². The van der Waals surface area contributed by atoms with E-state index in [4.69, 9.17) is 22.1 Å². The van der Waals surface area contributed by atoms with Gasteiger partial charge in [-0.15, -0.1) is 0 Å². The summed E-state index contributed by atoms with van der Waals surface area (Å²) in [6.07, 6.45) is 1.51. The standard InChI is InChI=1S/C16H24ClN3O2/c1-11(2)10-22-16(21)20-7-5-13(6-8-20)19-15-9-12(17)3-4-14(15)18/h3-4,9,11,13,19H,5-8,10,18H2,1-2H3. The van der Waals surface area contributed by atoms with Gasteiger partial charge in [0.25, 0.3) is 0 Å². The minimum atomic E-state index is -0.214. The molecule has 2 rings (SSSR count). The Hall–Kier alpha value is -1.62. The number of carbonyl (C=O) groups excluding carboxylic acids is 1. The van der Waals surface area contributed by atoms with Gasteiger partial charge in [0.15, 0.2) is 0 Å². The number of nitrogens with zero attached hydrogens (tertiary/aromatic N) is 1. The van der Waals surface area contributed by atoms with E-state index in [0.29, 0.717) is 36.3 Å². The van der Waals surface area contributed by atoms with Crippen molar-refractivity contribution in [3.05, 3.63) is 23.2 Å². The summed E-state index contributed by atoms with van der Waals surface area (Å²) in [5.41, 5.74) is 7.48. The maximum absolute atomic E-state index is 11.9. The zero-order chi connectivity index (χ0) is 16.1. The van der Waals surface area contributed by atoms with Crippen molar-refractivity contribution in [3.63, 3.8) is 0 Å². The molecule has 1 aliphatic heterocycles. The molecule has 22 heavy (non-hydrogen) atoms. The third-order valence-electron chi connectivity index (χ3n) is 3.67. The third-order valence-corrected chi connectivity index (χ3v) is 3.90. The van der Waals surface area contributed by atoms with Crippen LogP contribution < -0.4 is 11.1 Å². The van der Waals surface area contributed by atoms with Crippen molar-refractivity contribution in [3.8, 4) is 0 Å². The number of amides is 1. The molecule has 0 unspecified atom stereocenters. The average Bonchev–Trinajstić information content (AvgIpc) is 2.49. The number of nitrogens with one attached hydrogen (secondary N) is 1. The molecule has 0 aromatic heterocycles. The van der Waals surface area contributed by atoms with Gasteiger partial charge in [-0.25, -0.2) is 4.79 Å².